The SMILES string of the molecule is Cc1cccc(C2(C(=O)Nc3ncn(CC(=O)O)n3)CC2)c1. The summed E-state index contributed by atoms with van der Waals surface area (Å²) in [6.45, 7) is 1.71. The first kappa shape index (κ1) is 14.2. The molecule has 1 aromatic carbocycles. The number of carboxylic acids is 1. The molecule has 0 bridgehead atoms. The summed E-state index contributed by atoms with van der Waals surface area (Å²) < 4.78 is 1.17. The molecular weight excluding hydrogens is 284 g/mol. The number of amides is 1. The average molecular weight is 300 g/mol. The molecule has 1 aromatic heterocycles. The third kappa shape index (κ3) is 2.69. The van der Waals surface area contributed by atoms with E-state index in [1.54, 1.807) is 0 Å². The van der Waals surface area contributed by atoms with Crippen molar-refractivity contribution >= 4 is 17.8 Å². The molecule has 2 aromatic rings. The van der Waals surface area contributed by atoms with Gasteiger partial charge in [0.1, 0.15) is 12.9 Å². The predicted octanol–water partition coefficient (Wildman–Crippen LogP) is 1.34. The molecule has 0 radical (unpaired) electrons. The van der Waals surface area contributed by atoms with Crippen LogP contribution in [0.4, 0.5) is 5.95 Å². The number of carboxylic acid groups (broad SMARTS) is 1. The molecule has 0 spiro atoms. The van der Waals surface area contributed by atoms with Crippen LogP contribution in [-0.2, 0) is 21.5 Å². The molecule has 22 heavy (non-hydrogen) atoms. The van der Waals surface area contributed by atoms with E-state index in [1.807, 2.05) is 31.2 Å². The van der Waals surface area contributed by atoms with E-state index in [4.69, 9.17) is 5.11 Å². The fraction of sp³-hybridized carbons (Fsp3) is 0.333. The molecule has 114 valence electrons. The van der Waals surface area contributed by atoms with Gasteiger partial charge < -0.3 is 5.11 Å². The van der Waals surface area contributed by atoms with E-state index in [9.17, 15) is 9.59 Å². The molecule has 7 nitrogen and oxygen atoms in total. The molecule has 7 heteroatoms. The third-order valence-electron chi connectivity index (χ3n) is 3.81. The van der Waals surface area contributed by atoms with Crippen molar-refractivity contribution < 1.29 is 14.7 Å². The molecule has 3 rings (SSSR count). The lowest BCUT2D eigenvalue weighted by Gasteiger charge is -2.14. The largest absolute Gasteiger partial charge is 0.480 e. The lowest BCUT2D eigenvalue weighted by Crippen LogP contribution is -2.28. The Morgan fingerprint density at radius 3 is 2.82 bits per heavy atom. The number of aryl methyl sites for hydroxylation is 1. The van der Waals surface area contributed by atoms with Crippen LogP contribution >= 0.6 is 0 Å². The minimum Gasteiger partial charge on any atom is -0.480 e. The number of aromatic nitrogens is 3. The minimum absolute atomic E-state index is 0.130. The van der Waals surface area contributed by atoms with Crippen molar-refractivity contribution in [1.29, 1.82) is 0 Å². The summed E-state index contributed by atoms with van der Waals surface area (Å²) in [6, 6.07) is 7.91. The van der Waals surface area contributed by atoms with Crippen LogP contribution in [0.15, 0.2) is 30.6 Å². The second kappa shape index (κ2) is 5.25. The third-order valence-corrected chi connectivity index (χ3v) is 3.81. The molecule has 0 unspecified atom stereocenters. The van der Waals surface area contributed by atoms with Gasteiger partial charge in [0.2, 0.25) is 11.9 Å². The highest BCUT2D eigenvalue weighted by atomic mass is 16.4. The van der Waals surface area contributed by atoms with Gasteiger partial charge in [-0.05, 0) is 25.3 Å². The number of benzene rings is 1. The van der Waals surface area contributed by atoms with E-state index in [2.05, 4.69) is 15.4 Å². The Morgan fingerprint density at radius 2 is 2.18 bits per heavy atom. The molecule has 1 fully saturated rings. The van der Waals surface area contributed by atoms with Crippen LogP contribution in [-0.4, -0.2) is 31.7 Å². The van der Waals surface area contributed by atoms with Crippen LogP contribution in [0.5, 0.6) is 0 Å². The minimum atomic E-state index is -1.01. The zero-order valence-electron chi connectivity index (χ0n) is 12.1. The maximum atomic E-state index is 12.5. The van der Waals surface area contributed by atoms with Gasteiger partial charge in [-0.1, -0.05) is 29.8 Å². The van der Waals surface area contributed by atoms with Gasteiger partial charge in [-0.2, -0.15) is 0 Å². The summed E-state index contributed by atoms with van der Waals surface area (Å²) in [7, 11) is 0. The average Bonchev–Trinajstić information content (AvgIpc) is 3.16. The van der Waals surface area contributed by atoms with Crippen molar-refractivity contribution in [2.45, 2.75) is 31.7 Å². The lowest BCUT2D eigenvalue weighted by atomic mass is 9.94. The van der Waals surface area contributed by atoms with Crippen molar-refractivity contribution in [2.75, 3.05) is 5.32 Å². The Hall–Kier alpha value is -2.70. The highest BCUT2D eigenvalue weighted by Gasteiger charge is 2.51. The molecule has 1 aliphatic carbocycles. The number of carbonyl (C=O) groups is 2. The number of anilines is 1. The van der Waals surface area contributed by atoms with Gasteiger partial charge in [-0.15, -0.1) is 5.10 Å². The van der Waals surface area contributed by atoms with Crippen molar-refractivity contribution in [2.24, 2.45) is 0 Å². The Balaban J connectivity index is 1.74. The number of aliphatic carboxylic acids is 1. The van der Waals surface area contributed by atoms with E-state index in [1.165, 1.54) is 11.0 Å². The molecule has 1 aliphatic rings. The lowest BCUT2D eigenvalue weighted by molar-refractivity contribution is -0.137. The molecular formula is C15H16N4O3. The normalized spacial score (nSPS) is 15.3. The van der Waals surface area contributed by atoms with Crippen LogP contribution in [0, 0.1) is 6.92 Å². The number of hydrogen-bond acceptors (Lipinski definition) is 4. The number of nitrogens with zero attached hydrogens (tertiary/aromatic N) is 3. The summed E-state index contributed by atoms with van der Waals surface area (Å²) >= 11 is 0. The molecule has 0 aliphatic heterocycles. The van der Waals surface area contributed by atoms with E-state index < -0.39 is 11.4 Å². The van der Waals surface area contributed by atoms with Crippen LogP contribution in [0.2, 0.25) is 0 Å². The van der Waals surface area contributed by atoms with Crippen molar-refractivity contribution in [1.82, 2.24) is 14.8 Å². The van der Waals surface area contributed by atoms with E-state index in [-0.39, 0.29) is 18.4 Å². The molecule has 0 atom stereocenters. The maximum Gasteiger partial charge on any atom is 0.325 e. The van der Waals surface area contributed by atoms with E-state index in [0.29, 0.717) is 0 Å². The van der Waals surface area contributed by atoms with E-state index in [0.717, 1.165) is 24.0 Å². The van der Waals surface area contributed by atoms with Gasteiger partial charge >= 0.3 is 5.97 Å². The van der Waals surface area contributed by atoms with Crippen molar-refractivity contribution in [3.8, 4) is 0 Å². The number of carbonyl (C=O) groups excluding carboxylic acids is 1. The first-order chi connectivity index (χ1) is 10.5. The van der Waals surface area contributed by atoms with Crippen LogP contribution in [0.3, 0.4) is 0 Å². The molecule has 1 saturated carbocycles. The molecule has 2 N–H and O–H groups in total. The van der Waals surface area contributed by atoms with Gasteiger partial charge in [0, 0.05) is 0 Å². The van der Waals surface area contributed by atoms with Crippen LogP contribution < -0.4 is 5.32 Å². The number of nitrogens with one attached hydrogen (secondary N) is 1. The summed E-state index contributed by atoms with van der Waals surface area (Å²) in [5.74, 6) is -1.03. The predicted molar refractivity (Wildman–Crippen MR) is 78.4 cm³/mol. The summed E-state index contributed by atoms with van der Waals surface area (Å²) in [5, 5.41) is 15.3. The smallest absolute Gasteiger partial charge is 0.325 e. The van der Waals surface area contributed by atoms with Crippen LogP contribution in [0.25, 0.3) is 0 Å². The number of rotatable bonds is 5. The second-order valence-electron chi connectivity index (χ2n) is 5.57. The maximum absolute atomic E-state index is 12.5. The van der Waals surface area contributed by atoms with Crippen molar-refractivity contribution in [3.63, 3.8) is 0 Å². The second-order valence-corrected chi connectivity index (χ2v) is 5.57. The number of hydrogen-bond donors (Lipinski definition) is 2. The van der Waals surface area contributed by atoms with Gasteiger partial charge in [0.15, 0.2) is 0 Å². The summed E-state index contributed by atoms with van der Waals surface area (Å²) in [5.41, 5.74) is 1.60. The molecule has 0 saturated heterocycles. The van der Waals surface area contributed by atoms with Gasteiger partial charge in [0.25, 0.3) is 0 Å². The molecule has 1 heterocycles. The fourth-order valence-corrected chi connectivity index (χ4v) is 2.50. The Bertz CT molecular complexity index is 734. The van der Waals surface area contributed by atoms with Gasteiger partial charge in [-0.3, -0.25) is 14.9 Å². The monoisotopic (exact) mass is 300 g/mol. The Morgan fingerprint density at radius 1 is 1.41 bits per heavy atom. The topological polar surface area (TPSA) is 97.1 Å². The zero-order valence-corrected chi connectivity index (χ0v) is 12.1. The van der Waals surface area contributed by atoms with Gasteiger partial charge in [0.05, 0.1) is 5.41 Å². The van der Waals surface area contributed by atoms with E-state index >= 15 is 0 Å². The Kier molecular flexibility index (Phi) is 3.40. The van der Waals surface area contributed by atoms with Crippen LogP contribution in [0.1, 0.15) is 24.0 Å². The summed E-state index contributed by atoms with van der Waals surface area (Å²) in [4.78, 5) is 27.1. The highest BCUT2D eigenvalue weighted by molar-refractivity contribution is 6.00. The summed E-state index contributed by atoms with van der Waals surface area (Å²) in [6.07, 6.45) is 2.87. The quantitative estimate of drug-likeness (QED) is 0.868. The van der Waals surface area contributed by atoms with Crippen molar-refractivity contribution in [3.05, 3.63) is 41.7 Å². The standard InChI is InChI=1S/C15H16N4O3/c1-10-3-2-4-11(7-10)15(5-6-15)13(22)17-14-16-9-19(18-14)8-12(20)21/h2-4,7,9H,5-6,8H2,1H3,(H,20,21)(H,17,18,22). The molecule has 1 amide bonds. The highest BCUT2D eigenvalue weighted by Crippen LogP contribution is 2.49. The first-order valence-corrected chi connectivity index (χ1v) is 6.99. The Labute approximate surface area is 127 Å². The first-order valence-electron chi connectivity index (χ1n) is 6.99. The zero-order chi connectivity index (χ0) is 15.7. The van der Waals surface area contributed by atoms with Gasteiger partial charge in [-0.25, -0.2) is 9.67 Å². The fourth-order valence-electron chi connectivity index (χ4n) is 2.50.